The summed E-state index contributed by atoms with van der Waals surface area (Å²) in [5, 5.41) is 4.42. The molecule has 0 radical (unpaired) electrons. The molecule has 0 saturated heterocycles. The van der Waals surface area contributed by atoms with E-state index in [-0.39, 0.29) is 32.4 Å². The number of amides is 1. The maximum absolute atomic E-state index is 13.0. The zero-order chi connectivity index (χ0) is 26.2. The van der Waals surface area contributed by atoms with Crippen molar-refractivity contribution in [3.05, 3.63) is 46.2 Å². The van der Waals surface area contributed by atoms with Gasteiger partial charge in [-0.15, -0.1) is 11.3 Å². The molecular formula is C23H28F3NO5S3. The number of rotatable bonds is 6. The fourth-order valence-corrected chi connectivity index (χ4v) is 8.23. The molecule has 1 aromatic heterocycles. The molecule has 1 saturated carbocycles. The first kappa shape index (κ1) is 27.7. The van der Waals surface area contributed by atoms with Crippen LogP contribution in [0.5, 0.6) is 0 Å². The Morgan fingerprint density at radius 2 is 1.66 bits per heavy atom. The van der Waals surface area contributed by atoms with Crippen LogP contribution in [0, 0.1) is 5.92 Å². The van der Waals surface area contributed by atoms with Crippen LogP contribution in [0.15, 0.2) is 45.5 Å². The second-order valence-corrected chi connectivity index (χ2v) is 15.3. The third kappa shape index (κ3) is 6.26. The van der Waals surface area contributed by atoms with Crippen LogP contribution >= 0.6 is 11.3 Å². The van der Waals surface area contributed by atoms with Gasteiger partial charge in [0.1, 0.15) is 4.88 Å². The second-order valence-electron chi connectivity index (χ2n) is 9.73. The molecule has 3 rings (SSSR count). The van der Waals surface area contributed by atoms with Gasteiger partial charge in [-0.3, -0.25) is 4.79 Å². The van der Waals surface area contributed by atoms with E-state index in [1.807, 2.05) is 0 Å². The molecule has 1 amide bonds. The van der Waals surface area contributed by atoms with Crippen molar-refractivity contribution in [1.82, 2.24) is 5.32 Å². The standard InChI is InChI=1S/C23H28F3NO5S3/c1-22(2,3)35(31,32)19-11-12-33-20(19)21(28)27-17-9-7-15(8-10-17)14-34(29,30)18-6-4-5-16(13-18)23(24,25)26/h4-6,11-13,15,17H,7-10,14H2,1-3H3,(H,27,28)/t15-,17-. The van der Waals surface area contributed by atoms with E-state index in [9.17, 15) is 34.8 Å². The van der Waals surface area contributed by atoms with E-state index in [1.54, 1.807) is 26.2 Å². The van der Waals surface area contributed by atoms with E-state index in [0.717, 1.165) is 23.5 Å². The topological polar surface area (TPSA) is 97.4 Å². The van der Waals surface area contributed by atoms with Crippen LogP contribution in [-0.2, 0) is 25.9 Å². The quantitative estimate of drug-likeness (QED) is 0.539. The van der Waals surface area contributed by atoms with E-state index in [0.29, 0.717) is 31.7 Å². The molecule has 1 aliphatic rings. The van der Waals surface area contributed by atoms with Crippen molar-refractivity contribution in [3.8, 4) is 0 Å². The fourth-order valence-electron chi connectivity index (χ4n) is 4.00. The predicted octanol–water partition coefficient (Wildman–Crippen LogP) is 5.10. The molecular weight excluding hydrogens is 523 g/mol. The predicted molar refractivity (Wildman–Crippen MR) is 128 cm³/mol. The number of benzene rings is 1. The molecule has 194 valence electrons. The number of hydrogen-bond acceptors (Lipinski definition) is 6. The van der Waals surface area contributed by atoms with Crippen molar-refractivity contribution in [1.29, 1.82) is 0 Å². The molecule has 12 heteroatoms. The van der Waals surface area contributed by atoms with Gasteiger partial charge in [-0.25, -0.2) is 16.8 Å². The molecule has 1 heterocycles. The molecule has 0 unspecified atom stereocenters. The van der Waals surface area contributed by atoms with Crippen LogP contribution in [0.4, 0.5) is 13.2 Å². The lowest BCUT2D eigenvalue weighted by molar-refractivity contribution is -0.137. The zero-order valence-electron chi connectivity index (χ0n) is 19.6. The van der Waals surface area contributed by atoms with Gasteiger partial charge >= 0.3 is 6.18 Å². The monoisotopic (exact) mass is 551 g/mol. The number of halogens is 3. The average Bonchev–Trinajstić information content (AvgIpc) is 3.25. The second kappa shape index (κ2) is 9.85. The highest BCUT2D eigenvalue weighted by Crippen LogP contribution is 2.34. The Morgan fingerprint density at radius 3 is 2.23 bits per heavy atom. The van der Waals surface area contributed by atoms with E-state index >= 15 is 0 Å². The van der Waals surface area contributed by atoms with Crippen molar-refractivity contribution in [2.45, 2.75) is 73.2 Å². The van der Waals surface area contributed by atoms with Crippen molar-refractivity contribution in [2.24, 2.45) is 5.92 Å². The van der Waals surface area contributed by atoms with Crippen LogP contribution < -0.4 is 5.32 Å². The van der Waals surface area contributed by atoms with Crippen LogP contribution in [0.1, 0.15) is 61.7 Å². The third-order valence-electron chi connectivity index (χ3n) is 6.09. The number of hydrogen-bond donors (Lipinski definition) is 1. The van der Waals surface area contributed by atoms with Gasteiger partial charge in [-0.2, -0.15) is 13.2 Å². The molecule has 2 aromatic rings. The van der Waals surface area contributed by atoms with Gasteiger partial charge in [0.05, 0.1) is 25.9 Å². The molecule has 1 aromatic carbocycles. The normalized spacial score (nSPS) is 19.9. The lowest BCUT2D eigenvalue weighted by atomic mass is 9.87. The maximum Gasteiger partial charge on any atom is 0.416 e. The Hall–Kier alpha value is -1.92. The summed E-state index contributed by atoms with van der Waals surface area (Å²) < 4.78 is 88.8. The number of sulfone groups is 2. The van der Waals surface area contributed by atoms with Crippen LogP contribution in [0.3, 0.4) is 0 Å². The van der Waals surface area contributed by atoms with Gasteiger partial charge in [0.25, 0.3) is 5.91 Å². The number of carbonyl (C=O) groups excluding carboxylic acids is 1. The lowest BCUT2D eigenvalue weighted by Crippen LogP contribution is -2.39. The highest BCUT2D eigenvalue weighted by atomic mass is 32.2. The largest absolute Gasteiger partial charge is 0.416 e. The highest BCUT2D eigenvalue weighted by Gasteiger charge is 2.36. The summed E-state index contributed by atoms with van der Waals surface area (Å²) in [6, 6.07) is 4.92. The molecule has 0 aliphatic heterocycles. The lowest BCUT2D eigenvalue weighted by Gasteiger charge is -2.29. The summed E-state index contributed by atoms with van der Waals surface area (Å²) in [5.41, 5.74) is -1.01. The number of carbonyl (C=O) groups is 1. The first-order valence-corrected chi connectivity index (χ1v) is 15.1. The molecule has 0 bridgehead atoms. The van der Waals surface area contributed by atoms with E-state index in [4.69, 9.17) is 0 Å². The first-order chi connectivity index (χ1) is 16.0. The van der Waals surface area contributed by atoms with E-state index in [2.05, 4.69) is 5.32 Å². The summed E-state index contributed by atoms with van der Waals surface area (Å²) in [6.45, 7) is 4.70. The van der Waals surface area contributed by atoms with Gasteiger partial charge in [0.15, 0.2) is 19.7 Å². The van der Waals surface area contributed by atoms with E-state index in [1.165, 1.54) is 12.1 Å². The van der Waals surface area contributed by atoms with Crippen LogP contribution in [0.2, 0.25) is 0 Å². The minimum atomic E-state index is -4.63. The van der Waals surface area contributed by atoms with Crippen molar-refractivity contribution >= 4 is 36.9 Å². The molecule has 1 fully saturated rings. The number of alkyl halides is 3. The van der Waals surface area contributed by atoms with Crippen LogP contribution in [0.25, 0.3) is 0 Å². The Labute approximate surface area is 207 Å². The van der Waals surface area contributed by atoms with Crippen molar-refractivity contribution < 1.29 is 34.8 Å². The van der Waals surface area contributed by atoms with Crippen molar-refractivity contribution in [3.63, 3.8) is 0 Å². The minimum absolute atomic E-state index is 0.00614. The van der Waals surface area contributed by atoms with Gasteiger partial charge in [-0.05, 0) is 82.0 Å². The maximum atomic E-state index is 13.0. The third-order valence-corrected chi connectivity index (χ3v) is 11.5. The Kier molecular flexibility index (Phi) is 7.79. The summed E-state index contributed by atoms with van der Waals surface area (Å²) in [6.07, 6.45) is -2.71. The molecule has 1 N–H and O–H groups in total. The summed E-state index contributed by atoms with van der Waals surface area (Å²) >= 11 is 1.05. The highest BCUT2D eigenvalue weighted by molar-refractivity contribution is 7.93. The van der Waals surface area contributed by atoms with Gasteiger partial charge in [0, 0.05) is 6.04 Å². The molecule has 1 aliphatic carbocycles. The Morgan fingerprint density at radius 1 is 1.03 bits per heavy atom. The molecule has 6 nitrogen and oxygen atoms in total. The summed E-state index contributed by atoms with van der Waals surface area (Å²) in [5.74, 6) is -1.00. The molecule has 0 atom stereocenters. The smallest absolute Gasteiger partial charge is 0.349 e. The Bertz CT molecular complexity index is 1280. The Balaban J connectivity index is 1.62. The van der Waals surface area contributed by atoms with Crippen LogP contribution in [-0.4, -0.2) is 39.3 Å². The summed E-state index contributed by atoms with van der Waals surface area (Å²) in [7, 11) is -7.61. The minimum Gasteiger partial charge on any atom is -0.349 e. The average molecular weight is 552 g/mol. The fraction of sp³-hybridized carbons (Fsp3) is 0.522. The van der Waals surface area contributed by atoms with Gasteiger partial charge in [-0.1, -0.05) is 6.07 Å². The zero-order valence-corrected chi connectivity index (χ0v) is 22.0. The summed E-state index contributed by atoms with van der Waals surface area (Å²) in [4.78, 5) is 12.6. The number of nitrogens with one attached hydrogen (secondary N) is 1. The molecule has 0 spiro atoms. The van der Waals surface area contributed by atoms with E-state index < -0.39 is 42.1 Å². The van der Waals surface area contributed by atoms with Crippen molar-refractivity contribution in [2.75, 3.05) is 5.75 Å². The SMILES string of the molecule is CC(C)(C)S(=O)(=O)c1ccsc1C(=O)N[C@H]1CC[C@H](CS(=O)(=O)c2cccc(C(F)(F)F)c2)CC1. The van der Waals surface area contributed by atoms with Gasteiger partial charge < -0.3 is 5.32 Å². The molecule has 35 heavy (non-hydrogen) atoms. The number of thiophene rings is 1. The van der Waals surface area contributed by atoms with Gasteiger partial charge in [0.2, 0.25) is 0 Å². The first-order valence-electron chi connectivity index (χ1n) is 11.1.